The van der Waals surface area contributed by atoms with E-state index in [1.165, 1.54) is 18.5 Å². The number of likely N-dealkylation sites (tertiary alicyclic amines) is 1. The molecule has 1 unspecified atom stereocenters. The first-order chi connectivity index (χ1) is 8.81. The largest absolute Gasteiger partial charge is 0.384 e. The molecule has 4 nitrogen and oxygen atoms in total. The van der Waals surface area contributed by atoms with Crippen LogP contribution < -0.4 is 5.32 Å². The number of pyridine rings is 1. The third-order valence-corrected chi connectivity index (χ3v) is 3.36. The molecule has 100 valence electrons. The van der Waals surface area contributed by atoms with Gasteiger partial charge in [-0.3, -0.25) is 4.90 Å². The molecule has 0 bridgehead atoms. The van der Waals surface area contributed by atoms with E-state index in [9.17, 15) is 0 Å². The zero-order valence-electron chi connectivity index (χ0n) is 11.4. The molecule has 0 spiro atoms. The van der Waals surface area contributed by atoms with Gasteiger partial charge in [-0.15, -0.1) is 0 Å². The van der Waals surface area contributed by atoms with Crippen LogP contribution in [0, 0.1) is 5.92 Å². The fourth-order valence-corrected chi connectivity index (χ4v) is 2.49. The van der Waals surface area contributed by atoms with Crippen molar-refractivity contribution >= 4 is 5.82 Å². The third kappa shape index (κ3) is 3.68. The molecule has 1 saturated heterocycles. The minimum atomic E-state index is 0.698. The maximum Gasteiger partial charge on any atom is 0.125 e. The average molecular weight is 249 g/mol. The Balaban J connectivity index is 1.82. The highest BCUT2D eigenvalue weighted by Crippen LogP contribution is 2.18. The van der Waals surface area contributed by atoms with E-state index in [4.69, 9.17) is 4.74 Å². The quantitative estimate of drug-likeness (QED) is 0.836. The Hall–Kier alpha value is -1.13. The molecule has 0 amide bonds. The number of aromatic nitrogens is 1. The second kappa shape index (κ2) is 6.71. The first-order valence-corrected chi connectivity index (χ1v) is 6.72. The van der Waals surface area contributed by atoms with Crippen LogP contribution in [0.2, 0.25) is 0 Å². The Bertz CT molecular complexity index is 353. The summed E-state index contributed by atoms with van der Waals surface area (Å²) in [4.78, 5) is 6.88. The zero-order chi connectivity index (χ0) is 12.8. The van der Waals surface area contributed by atoms with Crippen molar-refractivity contribution in [2.75, 3.05) is 38.7 Å². The van der Waals surface area contributed by atoms with Crippen LogP contribution in [0.25, 0.3) is 0 Å². The van der Waals surface area contributed by atoms with Crippen LogP contribution in [0.1, 0.15) is 18.9 Å². The predicted molar refractivity (Wildman–Crippen MR) is 73.7 cm³/mol. The van der Waals surface area contributed by atoms with Crippen LogP contribution in [0.3, 0.4) is 0 Å². The summed E-state index contributed by atoms with van der Waals surface area (Å²) in [5, 5.41) is 3.21. The van der Waals surface area contributed by atoms with Gasteiger partial charge in [0.05, 0.1) is 6.61 Å². The molecular weight excluding hydrogens is 226 g/mol. The van der Waals surface area contributed by atoms with Crippen LogP contribution in [-0.2, 0) is 11.3 Å². The third-order valence-electron chi connectivity index (χ3n) is 3.36. The monoisotopic (exact) mass is 249 g/mol. The van der Waals surface area contributed by atoms with Gasteiger partial charge in [0.15, 0.2) is 0 Å². The molecule has 1 aliphatic heterocycles. The molecule has 18 heavy (non-hydrogen) atoms. The number of anilines is 1. The van der Waals surface area contributed by atoms with Gasteiger partial charge in [-0.05, 0) is 37.4 Å². The molecule has 1 aliphatic rings. The lowest BCUT2D eigenvalue weighted by molar-refractivity contribution is 0.152. The van der Waals surface area contributed by atoms with E-state index in [1.807, 2.05) is 6.20 Å². The Morgan fingerprint density at radius 2 is 2.39 bits per heavy atom. The predicted octanol–water partition coefficient (Wildman–Crippen LogP) is 1.98. The van der Waals surface area contributed by atoms with E-state index < -0.39 is 0 Å². The molecule has 0 radical (unpaired) electrons. The summed E-state index contributed by atoms with van der Waals surface area (Å²) in [6, 6.07) is 4.22. The van der Waals surface area contributed by atoms with Crippen molar-refractivity contribution in [2.45, 2.75) is 19.9 Å². The highest BCUT2D eigenvalue weighted by molar-refractivity contribution is 5.35. The first kappa shape index (κ1) is 13.3. The maximum atomic E-state index is 5.22. The Morgan fingerprint density at radius 3 is 3.06 bits per heavy atom. The molecule has 2 heterocycles. The number of ether oxygens (including phenoxy) is 1. The summed E-state index contributed by atoms with van der Waals surface area (Å²) in [5.41, 5.74) is 1.29. The summed E-state index contributed by atoms with van der Waals surface area (Å²) in [7, 11) is 1.78. The SMILES string of the molecule is CCNc1ccc(CN2CCC(COC)C2)cn1. The van der Waals surface area contributed by atoms with E-state index in [2.05, 4.69) is 34.3 Å². The molecule has 0 aliphatic carbocycles. The number of hydrogen-bond acceptors (Lipinski definition) is 4. The Kier molecular flexibility index (Phi) is 4.96. The van der Waals surface area contributed by atoms with E-state index in [0.717, 1.165) is 32.1 Å². The molecule has 1 fully saturated rings. The summed E-state index contributed by atoms with van der Waals surface area (Å²) in [5.74, 6) is 1.66. The molecule has 1 aromatic heterocycles. The minimum absolute atomic E-state index is 0.698. The van der Waals surface area contributed by atoms with Gasteiger partial charge in [0.2, 0.25) is 0 Å². The van der Waals surface area contributed by atoms with Crippen molar-refractivity contribution in [1.82, 2.24) is 9.88 Å². The van der Waals surface area contributed by atoms with Crippen molar-refractivity contribution in [2.24, 2.45) is 5.92 Å². The molecule has 0 aromatic carbocycles. The zero-order valence-corrected chi connectivity index (χ0v) is 11.4. The highest BCUT2D eigenvalue weighted by Gasteiger charge is 2.22. The van der Waals surface area contributed by atoms with Crippen molar-refractivity contribution in [3.63, 3.8) is 0 Å². The van der Waals surface area contributed by atoms with Gasteiger partial charge in [-0.2, -0.15) is 0 Å². The summed E-state index contributed by atoms with van der Waals surface area (Å²) < 4.78 is 5.22. The molecule has 2 rings (SSSR count). The van der Waals surface area contributed by atoms with Gasteiger partial charge in [0, 0.05) is 32.9 Å². The van der Waals surface area contributed by atoms with Gasteiger partial charge in [-0.25, -0.2) is 4.98 Å². The van der Waals surface area contributed by atoms with Gasteiger partial charge < -0.3 is 10.1 Å². The number of hydrogen-bond donors (Lipinski definition) is 1. The lowest BCUT2D eigenvalue weighted by Crippen LogP contribution is -2.21. The summed E-state index contributed by atoms with van der Waals surface area (Å²) in [6.07, 6.45) is 3.22. The fourth-order valence-electron chi connectivity index (χ4n) is 2.49. The number of nitrogens with one attached hydrogen (secondary N) is 1. The van der Waals surface area contributed by atoms with E-state index in [-0.39, 0.29) is 0 Å². The van der Waals surface area contributed by atoms with Gasteiger partial charge >= 0.3 is 0 Å². The number of methoxy groups -OCH3 is 1. The number of nitrogens with zero attached hydrogens (tertiary/aromatic N) is 2. The van der Waals surface area contributed by atoms with Gasteiger partial charge in [0.1, 0.15) is 5.82 Å². The normalized spacial score (nSPS) is 20.2. The van der Waals surface area contributed by atoms with Crippen molar-refractivity contribution in [1.29, 1.82) is 0 Å². The van der Waals surface area contributed by atoms with Crippen LogP contribution in [-0.4, -0.2) is 43.2 Å². The Morgan fingerprint density at radius 1 is 1.50 bits per heavy atom. The topological polar surface area (TPSA) is 37.4 Å². The van der Waals surface area contributed by atoms with Gasteiger partial charge in [-0.1, -0.05) is 6.07 Å². The fraction of sp³-hybridized carbons (Fsp3) is 0.643. The summed E-state index contributed by atoms with van der Waals surface area (Å²) in [6.45, 7) is 7.19. The Labute approximate surface area is 109 Å². The number of rotatable bonds is 6. The molecule has 1 atom stereocenters. The lowest BCUT2D eigenvalue weighted by Gasteiger charge is -2.16. The van der Waals surface area contributed by atoms with Crippen LogP contribution in [0.4, 0.5) is 5.82 Å². The standard InChI is InChI=1S/C14H23N3O/c1-3-15-14-5-4-12(8-16-14)9-17-7-6-13(10-17)11-18-2/h4-5,8,13H,3,6-7,9-11H2,1-2H3,(H,15,16). The molecular formula is C14H23N3O. The van der Waals surface area contributed by atoms with Crippen LogP contribution >= 0.6 is 0 Å². The molecule has 0 saturated carbocycles. The van der Waals surface area contributed by atoms with Crippen LogP contribution in [0.5, 0.6) is 0 Å². The van der Waals surface area contributed by atoms with E-state index >= 15 is 0 Å². The summed E-state index contributed by atoms with van der Waals surface area (Å²) >= 11 is 0. The van der Waals surface area contributed by atoms with E-state index in [1.54, 1.807) is 7.11 Å². The molecule has 4 heteroatoms. The van der Waals surface area contributed by atoms with Crippen molar-refractivity contribution in [3.05, 3.63) is 23.9 Å². The van der Waals surface area contributed by atoms with Crippen LogP contribution in [0.15, 0.2) is 18.3 Å². The van der Waals surface area contributed by atoms with Crippen molar-refractivity contribution in [3.8, 4) is 0 Å². The smallest absolute Gasteiger partial charge is 0.125 e. The second-order valence-corrected chi connectivity index (χ2v) is 4.93. The highest BCUT2D eigenvalue weighted by atomic mass is 16.5. The minimum Gasteiger partial charge on any atom is -0.384 e. The lowest BCUT2D eigenvalue weighted by atomic mass is 10.1. The first-order valence-electron chi connectivity index (χ1n) is 6.72. The van der Waals surface area contributed by atoms with Gasteiger partial charge in [0.25, 0.3) is 0 Å². The second-order valence-electron chi connectivity index (χ2n) is 4.93. The van der Waals surface area contributed by atoms with E-state index in [0.29, 0.717) is 5.92 Å². The maximum absolute atomic E-state index is 5.22. The van der Waals surface area contributed by atoms with Crippen molar-refractivity contribution < 1.29 is 4.74 Å². The average Bonchev–Trinajstić information content (AvgIpc) is 2.80. The molecule has 1 N–H and O–H groups in total. The molecule has 1 aromatic rings.